The molecule has 0 heterocycles. The molecule has 0 aliphatic rings. The quantitative estimate of drug-likeness (QED) is 0.376. The first-order valence-electron chi connectivity index (χ1n) is 5.57. The molecule has 1 rings (SSSR count). The molecule has 21 heavy (non-hydrogen) atoms. The maximum Gasteiger partial charge on any atom is 0.338 e. The summed E-state index contributed by atoms with van der Waals surface area (Å²) in [5.74, 6) is -3.15. The molecule has 4 N–H and O–H groups in total. The van der Waals surface area contributed by atoms with Gasteiger partial charge in [0.05, 0.1) is 22.3 Å². The molecule has 0 aromatic heterocycles. The fourth-order valence-corrected chi connectivity index (χ4v) is 2.06. The molecule has 9 nitrogen and oxygen atoms in total. The molecule has 0 spiro atoms. The van der Waals surface area contributed by atoms with E-state index in [4.69, 9.17) is 10.2 Å². The van der Waals surface area contributed by atoms with Crippen LogP contribution >= 0.6 is 0 Å². The monoisotopic (exact) mass is 321 g/mol. The van der Waals surface area contributed by atoms with E-state index in [0.29, 0.717) is 6.07 Å². The molecule has 0 aliphatic heterocycles. The molecule has 0 unspecified atom stereocenters. The molecule has 0 radical (unpaired) electrons. The van der Waals surface area contributed by atoms with E-state index < -0.39 is 38.0 Å². The number of anilines is 1. The maximum atomic E-state index is 13.4. The number of carboxylic acids is 1. The van der Waals surface area contributed by atoms with Crippen molar-refractivity contribution in [2.75, 3.05) is 17.6 Å². The van der Waals surface area contributed by atoms with E-state index in [0.717, 1.165) is 6.07 Å². The minimum atomic E-state index is -3.66. The Bertz CT molecular complexity index is 676. The summed E-state index contributed by atoms with van der Waals surface area (Å²) in [6, 6.07) is 1.28. The lowest BCUT2D eigenvalue weighted by Crippen LogP contribution is -2.19. The van der Waals surface area contributed by atoms with Crippen LogP contribution in [-0.4, -0.2) is 36.7 Å². The highest BCUT2D eigenvalue weighted by molar-refractivity contribution is 7.89. The Balaban J connectivity index is 2.95. The van der Waals surface area contributed by atoms with Gasteiger partial charge in [-0.05, 0) is 12.5 Å². The number of primary sulfonamides is 1. The van der Waals surface area contributed by atoms with Gasteiger partial charge in [0.2, 0.25) is 10.0 Å². The standard InChI is InChI=1S/C10H12FN3O6S/c11-7-5-9(14(17)18)8(4-6(7)10(15)16)13-2-1-3-21(12,19)20/h4-5,13H,1-3H2,(H,15,16)(H2,12,19,20). The molecule has 0 amide bonds. The summed E-state index contributed by atoms with van der Waals surface area (Å²) in [7, 11) is -3.66. The van der Waals surface area contributed by atoms with E-state index in [1.807, 2.05) is 0 Å². The number of nitrogens with zero attached hydrogens (tertiary/aromatic N) is 1. The number of nitro benzene ring substituents is 1. The Labute approximate surface area is 118 Å². The van der Waals surface area contributed by atoms with Gasteiger partial charge in [0.15, 0.2) is 0 Å². The lowest BCUT2D eigenvalue weighted by atomic mass is 10.1. The third-order valence-corrected chi connectivity index (χ3v) is 3.29. The molecule has 0 saturated heterocycles. The second-order valence-corrected chi connectivity index (χ2v) is 5.79. The molecule has 0 bridgehead atoms. The first kappa shape index (κ1) is 16.8. The van der Waals surface area contributed by atoms with Gasteiger partial charge in [-0.2, -0.15) is 0 Å². The maximum absolute atomic E-state index is 13.4. The lowest BCUT2D eigenvalue weighted by Gasteiger charge is -2.08. The van der Waals surface area contributed by atoms with Crippen molar-refractivity contribution in [3.63, 3.8) is 0 Å². The zero-order valence-corrected chi connectivity index (χ0v) is 11.4. The summed E-state index contributed by atoms with van der Waals surface area (Å²) < 4.78 is 34.8. The van der Waals surface area contributed by atoms with Crippen molar-refractivity contribution < 1.29 is 27.6 Å². The first-order chi connectivity index (χ1) is 9.61. The van der Waals surface area contributed by atoms with Crippen molar-refractivity contribution in [2.24, 2.45) is 5.14 Å². The molecular weight excluding hydrogens is 309 g/mol. The Morgan fingerprint density at radius 2 is 2.10 bits per heavy atom. The number of carboxylic acid groups (broad SMARTS) is 1. The van der Waals surface area contributed by atoms with Crippen LogP contribution in [0.1, 0.15) is 16.8 Å². The van der Waals surface area contributed by atoms with Crippen LogP contribution in [0.15, 0.2) is 12.1 Å². The molecular formula is C10H12FN3O6S. The predicted octanol–water partition coefficient (Wildman–Crippen LogP) is 0.523. The number of nitrogens with one attached hydrogen (secondary N) is 1. The number of sulfonamides is 1. The Hall–Kier alpha value is -2.27. The first-order valence-corrected chi connectivity index (χ1v) is 7.29. The highest BCUT2D eigenvalue weighted by Crippen LogP contribution is 2.27. The van der Waals surface area contributed by atoms with E-state index in [1.165, 1.54) is 0 Å². The van der Waals surface area contributed by atoms with Gasteiger partial charge in [0.25, 0.3) is 5.69 Å². The molecule has 11 heteroatoms. The number of carbonyl (C=O) groups is 1. The van der Waals surface area contributed by atoms with Crippen LogP contribution in [-0.2, 0) is 10.0 Å². The van der Waals surface area contributed by atoms with E-state index >= 15 is 0 Å². The SMILES string of the molecule is NS(=O)(=O)CCCNc1cc(C(=O)O)c(F)cc1[N+](=O)[O-]. The van der Waals surface area contributed by atoms with E-state index in [1.54, 1.807) is 0 Å². The summed E-state index contributed by atoms with van der Waals surface area (Å²) in [4.78, 5) is 20.7. The fourth-order valence-electron chi connectivity index (χ4n) is 1.52. The molecule has 1 aromatic rings. The second kappa shape index (κ2) is 6.45. The summed E-state index contributed by atoms with van der Waals surface area (Å²) in [6.07, 6.45) is 0.0514. The highest BCUT2D eigenvalue weighted by Gasteiger charge is 2.21. The van der Waals surface area contributed by atoms with Crippen LogP contribution in [0.5, 0.6) is 0 Å². The second-order valence-electron chi connectivity index (χ2n) is 4.06. The summed E-state index contributed by atoms with van der Waals surface area (Å²) in [6.45, 7) is -0.0119. The molecule has 1 aromatic carbocycles. The van der Waals surface area contributed by atoms with Crippen molar-refractivity contribution in [3.05, 3.63) is 33.6 Å². The molecule has 0 atom stereocenters. The topological polar surface area (TPSA) is 153 Å². The van der Waals surface area contributed by atoms with E-state index in [9.17, 15) is 27.7 Å². The van der Waals surface area contributed by atoms with E-state index in [2.05, 4.69) is 5.32 Å². The van der Waals surface area contributed by atoms with Gasteiger partial charge >= 0.3 is 5.97 Å². The number of nitrogens with two attached hydrogens (primary N) is 1. The largest absolute Gasteiger partial charge is 0.478 e. The highest BCUT2D eigenvalue weighted by atomic mass is 32.2. The normalized spacial score (nSPS) is 11.1. The van der Waals surface area contributed by atoms with Crippen molar-refractivity contribution >= 4 is 27.4 Å². The van der Waals surface area contributed by atoms with Crippen molar-refractivity contribution in [1.29, 1.82) is 0 Å². The van der Waals surface area contributed by atoms with Crippen LogP contribution in [0.4, 0.5) is 15.8 Å². The smallest absolute Gasteiger partial charge is 0.338 e. The Morgan fingerprint density at radius 3 is 2.57 bits per heavy atom. The van der Waals surface area contributed by atoms with Crippen LogP contribution in [0.3, 0.4) is 0 Å². The zero-order chi connectivity index (χ0) is 16.2. The van der Waals surface area contributed by atoms with Gasteiger partial charge in [-0.3, -0.25) is 10.1 Å². The van der Waals surface area contributed by atoms with Crippen LogP contribution in [0.25, 0.3) is 0 Å². The minimum Gasteiger partial charge on any atom is -0.478 e. The van der Waals surface area contributed by atoms with Gasteiger partial charge in [-0.25, -0.2) is 22.7 Å². The number of halogens is 1. The number of nitro groups is 1. The molecule has 0 aliphatic carbocycles. The van der Waals surface area contributed by atoms with Crippen molar-refractivity contribution in [3.8, 4) is 0 Å². The lowest BCUT2D eigenvalue weighted by molar-refractivity contribution is -0.384. The summed E-state index contributed by atoms with van der Waals surface area (Å²) in [5, 5.41) is 26.8. The van der Waals surface area contributed by atoms with Crippen molar-refractivity contribution in [2.45, 2.75) is 6.42 Å². The van der Waals surface area contributed by atoms with Crippen molar-refractivity contribution in [1.82, 2.24) is 0 Å². The zero-order valence-electron chi connectivity index (χ0n) is 10.6. The third-order valence-electron chi connectivity index (χ3n) is 2.43. The van der Waals surface area contributed by atoms with Gasteiger partial charge in [0.1, 0.15) is 11.5 Å². The van der Waals surface area contributed by atoms with Gasteiger partial charge < -0.3 is 10.4 Å². The third kappa shape index (κ3) is 4.96. The minimum absolute atomic E-state index is 0.0119. The molecule has 0 saturated carbocycles. The average Bonchev–Trinajstić information content (AvgIpc) is 2.33. The van der Waals surface area contributed by atoms with E-state index in [-0.39, 0.29) is 24.4 Å². The van der Waals surface area contributed by atoms with Gasteiger partial charge in [0, 0.05) is 6.54 Å². The Morgan fingerprint density at radius 1 is 1.48 bits per heavy atom. The molecule has 116 valence electrons. The number of hydrogen-bond acceptors (Lipinski definition) is 6. The van der Waals surface area contributed by atoms with Gasteiger partial charge in [-0.15, -0.1) is 0 Å². The number of aromatic carboxylic acids is 1. The number of hydrogen-bond donors (Lipinski definition) is 3. The molecule has 0 fully saturated rings. The van der Waals surface area contributed by atoms with Crippen LogP contribution in [0, 0.1) is 15.9 Å². The summed E-state index contributed by atoms with van der Waals surface area (Å²) >= 11 is 0. The van der Waals surface area contributed by atoms with Crippen LogP contribution in [0.2, 0.25) is 0 Å². The van der Waals surface area contributed by atoms with Crippen LogP contribution < -0.4 is 10.5 Å². The van der Waals surface area contributed by atoms with Gasteiger partial charge in [-0.1, -0.05) is 0 Å². The fraction of sp³-hybridized carbons (Fsp3) is 0.300. The predicted molar refractivity (Wildman–Crippen MR) is 71.1 cm³/mol. The number of rotatable bonds is 7. The number of benzene rings is 1. The summed E-state index contributed by atoms with van der Waals surface area (Å²) in [5.41, 5.74) is -1.59. The average molecular weight is 321 g/mol. The Kier molecular flexibility index (Phi) is 5.16.